The quantitative estimate of drug-likeness (QED) is 0.499. The Bertz CT molecular complexity index is 185. The molecule has 0 radical (unpaired) electrons. The van der Waals surface area contributed by atoms with E-state index in [2.05, 4.69) is 6.92 Å². The van der Waals surface area contributed by atoms with E-state index in [0.29, 0.717) is 0 Å². The molecule has 0 aromatic carbocycles. The number of carbonyl (C=O) groups excluding carboxylic acids is 1. The SMILES string of the molecule is CCCCCC(C)(C)OC(=O)OC(C)C. The largest absolute Gasteiger partial charge is 0.509 e. The van der Waals surface area contributed by atoms with E-state index in [4.69, 9.17) is 9.47 Å². The Kier molecular flexibility index (Phi) is 6.37. The first-order chi connectivity index (χ1) is 6.87. The topological polar surface area (TPSA) is 35.5 Å². The third-order valence-electron chi connectivity index (χ3n) is 2.07. The molecule has 0 atom stereocenters. The van der Waals surface area contributed by atoms with Crippen molar-refractivity contribution in [2.75, 3.05) is 0 Å². The van der Waals surface area contributed by atoms with Gasteiger partial charge in [0, 0.05) is 0 Å². The molecule has 0 aromatic heterocycles. The van der Waals surface area contributed by atoms with Crippen molar-refractivity contribution in [2.24, 2.45) is 0 Å². The van der Waals surface area contributed by atoms with Gasteiger partial charge < -0.3 is 9.47 Å². The van der Waals surface area contributed by atoms with Crippen LogP contribution in [0.2, 0.25) is 0 Å². The number of hydrogen-bond donors (Lipinski definition) is 0. The molecule has 90 valence electrons. The second kappa shape index (κ2) is 6.70. The lowest BCUT2D eigenvalue weighted by atomic mass is 10.0. The highest BCUT2D eigenvalue weighted by atomic mass is 16.7. The second-order valence-corrected chi connectivity index (χ2v) is 4.74. The summed E-state index contributed by atoms with van der Waals surface area (Å²) in [5.41, 5.74) is -0.416. The summed E-state index contributed by atoms with van der Waals surface area (Å²) in [6.07, 6.45) is 3.63. The minimum Gasteiger partial charge on any atom is -0.432 e. The van der Waals surface area contributed by atoms with Crippen LogP contribution >= 0.6 is 0 Å². The summed E-state index contributed by atoms with van der Waals surface area (Å²) in [5, 5.41) is 0. The molecule has 3 nitrogen and oxygen atoms in total. The van der Waals surface area contributed by atoms with Crippen LogP contribution in [-0.4, -0.2) is 17.9 Å². The highest BCUT2D eigenvalue weighted by molar-refractivity contribution is 5.60. The van der Waals surface area contributed by atoms with Crippen molar-refractivity contribution < 1.29 is 14.3 Å². The fourth-order valence-corrected chi connectivity index (χ4v) is 1.29. The zero-order valence-electron chi connectivity index (χ0n) is 10.6. The molecule has 15 heavy (non-hydrogen) atoms. The van der Waals surface area contributed by atoms with Gasteiger partial charge in [-0.25, -0.2) is 4.79 Å². The highest BCUT2D eigenvalue weighted by Crippen LogP contribution is 2.19. The maximum Gasteiger partial charge on any atom is 0.509 e. The fraction of sp³-hybridized carbons (Fsp3) is 0.917. The van der Waals surface area contributed by atoms with Crippen LogP contribution in [0.4, 0.5) is 4.79 Å². The zero-order valence-corrected chi connectivity index (χ0v) is 10.6. The van der Waals surface area contributed by atoms with E-state index in [1.54, 1.807) is 0 Å². The van der Waals surface area contributed by atoms with Crippen LogP contribution < -0.4 is 0 Å². The molecule has 0 amide bonds. The number of ether oxygens (including phenoxy) is 2. The Labute approximate surface area is 93.1 Å². The first kappa shape index (κ1) is 14.3. The van der Waals surface area contributed by atoms with Gasteiger partial charge in [0.2, 0.25) is 0 Å². The Morgan fingerprint density at radius 2 is 1.87 bits per heavy atom. The summed E-state index contributed by atoms with van der Waals surface area (Å²) in [4.78, 5) is 11.3. The van der Waals surface area contributed by atoms with Crippen molar-refractivity contribution in [3.8, 4) is 0 Å². The summed E-state index contributed by atoms with van der Waals surface area (Å²) in [6, 6.07) is 0. The summed E-state index contributed by atoms with van der Waals surface area (Å²) in [5.74, 6) is 0. The van der Waals surface area contributed by atoms with E-state index >= 15 is 0 Å². The van der Waals surface area contributed by atoms with Crippen molar-refractivity contribution in [1.29, 1.82) is 0 Å². The number of hydrogen-bond acceptors (Lipinski definition) is 3. The first-order valence-corrected chi connectivity index (χ1v) is 5.77. The molecule has 0 N–H and O–H groups in total. The van der Waals surface area contributed by atoms with Gasteiger partial charge in [-0.05, 0) is 40.5 Å². The van der Waals surface area contributed by atoms with Crippen LogP contribution in [0.3, 0.4) is 0 Å². The lowest BCUT2D eigenvalue weighted by Gasteiger charge is -2.25. The smallest absolute Gasteiger partial charge is 0.432 e. The number of rotatable bonds is 6. The Hall–Kier alpha value is -0.730. The van der Waals surface area contributed by atoms with Gasteiger partial charge in [0.15, 0.2) is 0 Å². The van der Waals surface area contributed by atoms with Crippen LogP contribution in [-0.2, 0) is 9.47 Å². The number of carbonyl (C=O) groups is 1. The van der Waals surface area contributed by atoms with E-state index < -0.39 is 11.8 Å². The van der Waals surface area contributed by atoms with Gasteiger partial charge in [0.05, 0.1) is 6.10 Å². The van der Waals surface area contributed by atoms with Gasteiger partial charge in [0.25, 0.3) is 0 Å². The van der Waals surface area contributed by atoms with E-state index in [0.717, 1.165) is 12.8 Å². The molecule has 0 unspecified atom stereocenters. The maximum absolute atomic E-state index is 11.3. The predicted octanol–water partition coefficient (Wildman–Crippen LogP) is 3.91. The van der Waals surface area contributed by atoms with Gasteiger partial charge in [-0.15, -0.1) is 0 Å². The van der Waals surface area contributed by atoms with Crippen molar-refractivity contribution in [3.63, 3.8) is 0 Å². The minimum absolute atomic E-state index is 0.121. The Morgan fingerprint density at radius 1 is 1.27 bits per heavy atom. The molecule has 0 aliphatic rings. The van der Waals surface area contributed by atoms with Gasteiger partial charge in [-0.1, -0.05) is 19.8 Å². The van der Waals surface area contributed by atoms with Gasteiger partial charge in [0.1, 0.15) is 5.60 Å². The summed E-state index contributed by atoms with van der Waals surface area (Å²) < 4.78 is 10.2. The predicted molar refractivity (Wildman–Crippen MR) is 60.9 cm³/mol. The normalized spacial score (nSPS) is 11.6. The fourth-order valence-electron chi connectivity index (χ4n) is 1.29. The summed E-state index contributed by atoms with van der Waals surface area (Å²) in [6.45, 7) is 9.62. The van der Waals surface area contributed by atoms with Gasteiger partial charge >= 0.3 is 6.16 Å². The lowest BCUT2D eigenvalue weighted by Crippen LogP contribution is -2.29. The molecule has 0 aliphatic carbocycles. The number of unbranched alkanes of at least 4 members (excludes halogenated alkanes) is 2. The van der Waals surface area contributed by atoms with E-state index in [1.807, 2.05) is 27.7 Å². The highest BCUT2D eigenvalue weighted by Gasteiger charge is 2.23. The van der Waals surface area contributed by atoms with Crippen LogP contribution in [0.15, 0.2) is 0 Å². The van der Waals surface area contributed by atoms with E-state index in [9.17, 15) is 4.79 Å². The van der Waals surface area contributed by atoms with Crippen molar-refractivity contribution in [1.82, 2.24) is 0 Å². The third-order valence-corrected chi connectivity index (χ3v) is 2.07. The van der Waals surface area contributed by atoms with E-state index in [-0.39, 0.29) is 6.10 Å². The molecule has 0 fully saturated rings. The molecule has 0 saturated carbocycles. The van der Waals surface area contributed by atoms with Gasteiger partial charge in [-0.2, -0.15) is 0 Å². The van der Waals surface area contributed by atoms with Crippen LogP contribution in [0, 0.1) is 0 Å². The van der Waals surface area contributed by atoms with Crippen LogP contribution in [0.25, 0.3) is 0 Å². The summed E-state index contributed by atoms with van der Waals surface area (Å²) in [7, 11) is 0. The first-order valence-electron chi connectivity index (χ1n) is 5.77. The molecular formula is C12H24O3. The summed E-state index contributed by atoms with van der Waals surface area (Å²) >= 11 is 0. The third kappa shape index (κ3) is 8.28. The molecule has 0 aliphatic heterocycles. The molecule has 0 spiro atoms. The second-order valence-electron chi connectivity index (χ2n) is 4.74. The molecular weight excluding hydrogens is 192 g/mol. The average molecular weight is 216 g/mol. The van der Waals surface area contributed by atoms with Crippen molar-refractivity contribution >= 4 is 6.16 Å². The average Bonchev–Trinajstić information content (AvgIpc) is 2.00. The lowest BCUT2D eigenvalue weighted by molar-refractivity contribution is -0.0324. The minimum atomic E-state index is -0.563. The Morgan fingerprint density at radius 3 is 2.33 bits per heavy atom. The molecule has 0 saturated heterocycles. The molecule has 0 aromatic rings. The maximum atomic E-state index is 11.3. The van der Waals surface area contributed by atoms with Crippen molar-refractivity contribution in [2.45, 2.75) is 72.0 Å². The zero-order chi connectivity index (χ0) is 11.9. The van der Waals surface area contributed by atoms with Gasteiger partial charge in [-0.3, -0.25) is 0 Å². The molecule has 0 heterocycles. The molecule has 3 heteroatoms. The monoisotopic (exact) mass is 216 g/mol. The molecule has 0 bridgehead atoms. The molecule has 0 rings (SSSR count). The van der Waals surface area contributed by atoms with Crippen LogP contribution in [0.5, 0.6) is 0 Å². The van der Waals surface area contributed by atoms with E-state index in [1.165, 1.54) is 12.8 Å². The van der Waals surface area contributed by atoms with Crippen molar-refractivity contribution in [3.05, 3.63) is 0 Å². The van der Waals surface area contributed by atoms with Crippen LogP contribution in [0.1, 0.15) is 60.3 Å². The standard InChI is InChI=1S/C12H24O3/c1-6-7-8-9-12(4,5)15-11(13)14-10(2)3/h10H,6-9H2,1-5H3. The Balaban J connectivity index is 3.85.